The Morgan fingerprint density at radius 2 is 1.86 bits per heavy atom. The number of nitrogens with zero attached hydrogens (tertiary/aromatic N) is 2. The Morgan fingerprint density at radius 1 is 1.07 bits per heavy atom. The van der Waals surface area contributed by atoms with E-state index < -0.39 is 10.0 Å². The normalized spacial score (nSPS) is 15.3. The van der Waals surface area contributed by atoms with Gasteiger partial charge in [0.2, 0.25) is 15.9 Å². The maximum atomic E-state index is 13.0. The molecule has 1 saturated heterocycles. The summed E-state index contributed by atoms with van der Waals surface area (Å²) < 4.78 is 27.6. The molecule has 0 radical (unpaired) electrons. The molecule has 1 aliphatic heterocycles. The second kappa shape index (κ2) is 8.74. The van der Waals surface area contributed by atoms with E-state index in [-0.39, 0.29) is 17.2 Å². The molecule has 0 atom stereocenters. The van der Waals surface area contributed by atoms with Crippen molar-refractivity contribution in [2.45, 2.75) is 30.6 Å². The number of thiophene rings is 1. The summed E-state index contributed by atoms with van der Waals surface area (Å²) in [5.74, 6) is -0.283. The van der Waals surface area contributed by atoms with Crippen LogP contribution in [0.25, 0.3) is 9.88 Å². The second-order valence-corrected chi connectivity index (χ2v) is 10.5. The molecule has 1 amide bonds. The van der Waals surface area contributed by atoms with Gasteiger partial charge in [0, 0.05) is 18.5 Å². The van der Waals surface area contributed by atoms with Gasteiger partial charge >= 0.3 is 0 Å². The number of anilines is 1. The number of rotatable bonds is 6. The van der Waals surface area contributed by atoms with Crippen LogP contribution in [0, 0.1) is 0 Å². The molecule has 1 aromatic carbocycles. The second-order valence-electron chi connectivity index (χ2n) is 6.81. The zero-order valence-electron chi connectivity index (χ0n) is 15.7. The van der Waals surface area contributed by atoms with Crippen LogP contribution < -0.4 is 5.32 Å². The molecule has 29 heavy (non-hydrogen) atoms. The van der Waals surface area contributed by atoms with Crippen molar-refractivity contribution in [3.8, 4) is 9.88 Å². The summed E-state index contributed by atoms with van der Waals surface area (Å²) in [6.45, 7) is 1.05. The minimum Gasteiger partial charge on any atom is -0.325 e. The van der Waals surface area contributed by atoms with Gasteiger partial charge in [-0.2, -0.15) is 4.31 Å². The number of aromatic nitrogens is 1. The first-order chi connectivity index (χ1) is 14.0. The van der Waals surface area contributed by atoms with E-state index in [2.05, 4.69) is 10.3 Å². The molecule has 0 unspecified atom stereocenters. The van der Waals surface area contributed by atoms with Crippen molar-refractivity contribution in [3.05, 3.63) is 52.9 Å². The van der Waals surface area contributed by atoms with Crippen molar-refractivity contribution in [2.75, 3.05) is 18.4 Å². The lowest BCUT2D eigenvalue weighted by molar-refractivity contribution is -0.115. The third-order valence-corrected chi connectivity index (χ3v) is 8.61. The third kappa shape index (κ3) is 4.58. The molecule has 0 spiro atoms. The van der Waals surface area contributed by atoms with E-state index in [0.717, 1.165) is 29.1 Å². The molecule has 0 bridgehead atoms. The maximum absolute atomic E-state index is 13.0. The number of benzene rings is 1. The van der Waals surface area contributed by atoms with Crippen LogP contribution in [0.3, 0.4) is 0 Å². The molecule has 3 aromatic rings. The van der Waals surface area contributed by atoms with Gasteiger partial charge in [-0.3, -0.25) is 4.79 Å². The predicted octanol–water partition coefficient (Wildman–Crippen LogP) is 4.23. The number of amides is 1. The molecule has 2 aromatic heterocycles. The van der Waals surface area contributed by atoms with Crippen molar-refractivity contribution >= 4 is 44.3 Å². The average Bonchev–Trinajstić information content (AvgIpc) is 3.41. The number of para-hydroxylation sites is 1. The fourth-order valence-corrected chi connectivity index (χ4v) is 6.60. The van der Waals surface area contributed by atoms with Gasteiger partial charge < -0.3 is 5.32 Å². The zero-order chi connectivity index (χ0) is 20.3. The van der Waals surface area contributed by atoms with Crippen LogP contribution in [0.15, 0.2) is 52.1 Å². The van der Waals surface area contributed by atoms with Gasteiger partial charge in [0.15, 0.2) is 0 Å². The first kappa shape index (κ1) is 20.2. The lowest BCUT2D eigenvalue weighted by atomic mass is 10.2. The van der Waals surface area contributed by atoms with Crippen LogP contribution in [-0.2, 0) is 21.2 Å². The van der Waals surface area contributed by atoms with E-state index in [4.69, 9.17) is 0 Å². The number of carbonyl (C=O) groups is 1. The Kier molecular flexibility index (Phi) is 6.09. The number of sulfonamides is 1. The molecule has 1 N–H and O–H groups in total. The molecule has 0 aliphatic carbocycles. The molecule has 1 aliphatic rings. The fraction of sp³-hybridized carbons (Fsp3) is 0.300. The first-order valence-electron chi connectivity index (χ1n) is 9.41. The summed E-state index contributed by atoms with van der Waals surface area (Å²) in [6, 6.07) is 10.6. The third-order valence-electron chi connectivity index (χ3n) is 4.72. The van der Waals surface area contributed by atoms with Crippen molar-refractivity contribution < 1.29 is 13.2 Å². The Morgan fingerprint density at radius 3 is 2.62 bits per heavy atom. The van der Waals surface area contributed by atoms with Gasteiger partial charge in [-0.1, -0.05) is 24.6 Å². The topological polar surface area (TPSA) is 79.4 Å². The number of carbonyl (C=O) groups excluding carboxylic acids is 1. The highest BCUT2D eigenvalue weighted by Crippen LogP contribution is 2.29. The van der Waals surface area contributed by atoms with Crippen LogP contribution in [-0.4, -0.2) is 36.7 Å². The summed E-state index contributed by atoms with van der Waals surface area (Å²) >= 11 is 3.10. The summed E-state index contributed by atoms with van der Waals surface area (Å²) in [7, 11) is -3.63. The van der Waals surface area contributed by atoms with E-state index in [1.54, 1.807) is 35.6 Å². The standard InChI is InChI=1S/C20H21N3O3S3/c24-19(13-15-14-28-20(21-15)17-8-6-12-27-17)22-16-7-2-3-9-18(16)29(25,26)23-10-4-1-5-11-23/h2-3,6-9,12,14H,1,4-5,10-11,13H2,(H,22,24). The van der Waals surface area contributed by atoms with Crippen LogP contribution in [0.5, 0.6) is 0 Å². The maximum Gasteiger partial charge on any atom is 0.245 e. The fourth-order valence-electron chi connectivity index (χ4n) is 3.30. The zero-order valence-corrected chi connectivity index (χ0v) is 18.2. The van der Waals surface area contributed by atoms with Crippen molar-refractivity contribution in [1.29, 1.82) is 0 Å². The van der Waals surface area contributed by atoms with Crippen molar-refractivity contribution in [1.82, 2.24) is 9.29 Å². The predicted molar refractivity (Wildman–Crippen MR) is 117 cm³/mol. The summed E-state index contributed by atoms with van der Waals surface area (Å²) in [5, 5.41) is 7.51. The monoisotopic (exact) mass is 447 g/mol. The van der Waals surface area contributed by atoms with E-state index >= 15 is 0 Å². The van der Waals surface area contributed by atoms with Gasteiger partial charge in [-0.05, 0) is 36.4 Å². The number of nitrogens with one attached hydrogen (secondary N) is 1. The molecule has 6 nitrogen and oxygen atoms in total. The highest BCUT2D eigenvalue weighted by atomic mass is 32.2. The number of thiazole rings is 1. The molecule has 9 heteroatoms. The Hall–Kier alpha value is -2.07. The lowest BCUT2D eigenvalue weighted by Gasteiger charge is -2.26. The molecule has 4 rings (SSSR count). The lowest BCUT2D eigenvalue weighted by Crippen LogP contribution is -2.36. The van der Waals surface area contributed by atoms with E-state index in [0.29, 0.717) is 24.5 Å². The van der Waals surface area contributed by atoms with E-state index in [1.165, 1.54) is 15.6 Å². The largest absolute Gasteiger partial charge is 0.325 e. The quantitative estimate of drug-likeness (QED) is 0.613. The molecule has 3 heterocycles. The Labute approximate surface area is 178 Å². The van der Waals surface area contributed by atoms with Gasteiger partial charge in [0.05, 0.1) is 22.7 Å². The number of piperidine rings is 1. The van der Waals surface area contributed by atoms with Crippen LogP contribution in [0.1, 0.15) is 25.0 Å². The smallest absolute Gasteiger partial charge is 0.245 e. The minimum absolute atomic E-state index is 0.0972. The molecule has 1 fully saturated rings. The average molecular weight is 448 g/mol. The summed E-state index contributed by atoms with van der Waals surface area (Å²) in [6.07, 6.45) is 2.87. The Bertz CT molecular complexity index is 1090. The van der Waals surface area contributed by atoms with Gasteiger partial charge in [0.25, 0.3) is 0 Å². The molecular weight excluding hydrogens is 426 g/mol. The molecular formula is C20H21N3O3S3. The summed E-state index contributed by atoms with van der Waals surface area (Å²) in [5.41, 5.74) is 0.990. The van der Waals surface area contributed by atoms with Gasteiger partial charge in [-0.25, -0.2) is 13.4 Å². The van der Waals surface area contributed by atoms with Crippen LogP contribution >= 0.6 is 22.7 Å². The van der Waals surface area contributed by atoms with E-state index in [9.17, 15) is 13.2 Å². The van der Waals surface area contributed by atoms with Crippen LogP contribution in [0.4, 0.5) is 5.69 Å². The SMILES string of the molecule is O=C(Cc1csc(-c2cccs2)n1)Nc1ccccc1S(=O)(=O)N1CCCCC1. The van der Waals surface area contributed by atoms with Crippen LogP contribution in [0.2, 0.25) is 0 Å². The molecule has 0 saturated carbocycles. The minimum atomic E-state index is -3.63. The van der Waals surface area contributed by atoms with Crippen molar-refractivity contribution in [2.24, 2.45) is 0 Å². The summed E-state index contributed by atoms with van der Waals surface area (Å²) in [4.78, 5) is 18.3. The highest BCUT2D eigenvalue weighted by molar-refractivity contribution is 7.89. The van der Waals surface area contributed by atoms with Crippen molar-refractivity contribution in [3.63, 3.8) is 0 Å². The van der Waals surface area contributed by atoms with Gasteiger partial charge in [-0.15, -0.1) is 22.7 Å². The highest BCUT2D eigenvalue weighted by Gasteiger charge is 2.28. The van der Waals surface area contributed by atoms with E-state index in [1.807, 2.05) is 22.9 Å². The first-order valence-corrected chi connectivity index (χ1v) is 12.6. The number of hydrogen-bond donors (Lipinski definition) is 1. The van der Waals surface area contributed by atoms with Gasteiger partial charge in [0.1, 0.15) is 9.90 Å². The Balaban J connectivity index is 1.49. The number of hydrogen-bond acceptors (Lipinski definition) is 6. The molecule has 152 valence electrons.